The lowest BCUT2D eigenvalue weighted by Crippen LogP contribution is -2.55. The van der Waals surface area contributed by atoms with Crippen molar-refractivity contribution in [3.63, 3.8) is 0 Å². The van der Waals surface area contributed by atoms with Gasteiger partial charge in [-0.25, -0.2) is 0 Å². The lowest BCUT2D eigenvalue weighted by Gasteiger charge is -2.39. The van der Waals surface area contributed by atoms with Crippen molar-refractivity contribution in [2.45, 2.75) is 51.7 Å². The zero-order valence-corrected chi connectivity index (χ0v) is 11.3. The molecule has 0 unspecified atom stereocenters. The molecule has 0 bridgehead atoms. The first-order valence-electron chi connectivity index (χ1n) is 4.63. The molecular weight excluding hydrogens is 184 g/mol. The molecule has 0 aromatic carbocycles. The lowest BCUT2D eigenvalue weighted by atomic mass is 10.3. The first-order chi connectivity index (χ1) is 5.23. The van der Waals surface area contributed by atoms with Gasteiger partial charge in [0.05, 0.1) is 5.22 Å². The van der Waals surface area contributed by atoms with Gasteiger partial charge in [0.15, 0.2) is 9.04 Å². The predicted octanol–water partition coefficient (Wildman–Crippen LogP) is 1.89. The Kier molecular flexibility index (Phi) is 4.16. The quantitative estimate of drug-likeness (QED) is 0.712. The second-order valence-corrected chi connectivity index (χ2v) is 10.8. The highest BCUT2D eigenvalue weighted by molar-refractivity contribution is 6.73. The molecule has 0 aromatic heterocycles. The third-order valence-electron chi connectivity index (χ3n) is 2.46. The highest BCUT2D eigenvalue weighted by atomic mass is 28.4. The Balaban J connectivity index is 4.46. The summed E-state index contributed by atoms with van der Waals surface area (Å²) >= 11 is 0. The molecule has 0 aliphatic carbocycles. The third-order valence-corrected chi connectivity index (χ3v) is 6.75. The molecule has 1 atom stereocenters. The van der Waals surface area contributed by atoms with Crippen LogP contribution in [0.1, 0.15) is 20.3 Å². The molecule has 2 nitrogen and oxygen atoms in total. The molecule has 0 fully saturated rings. The summed E-state index contributed by atoms with van der Waals surface area (Å²) < 4.78 is 5.90. The van der Waals surface area contributed by atoms with E-state index in [1.807, 2.05) is 20.0 Å². The molecule has 0 spiro atoms. The van der Waals surface area contributed by atoms with E-state index in [2.05, 4.69) is 20.0 Å². The van der Waals surface area contributed by atoms with Crippen LogP contribution in [0.4, 0.5) is 0 Å². The van der Waals surface area contributed by atoms with Gasteiger partial charge in [0.2, 0.25) is 8.32 Å². The minimum Gasteiger partial charge on any atom is -0.429 e. The molecule has 0 heterocycles. The van der Waals surface area contributed by atoms with E-state index in [-0.39, 0.29) is 5.22 Å². The number of hydrogen-bond donors (Lipinski definition) is 1. The summed E-state index contributed by atoms with van der Waals surface area (Å²) in [5.41, 5.74) is 0. The van der Waals surface area contributed by atoms with Crippen molar-refractivity contribution in [1.29, 1.82) is 0 Å². The molecule has 0 radical (unpaired) electrons. The van der Waals surface area contributed by atoms with Crippen molar-refractivity contribution >= 4 is 17.4 Å². The summed E-state index contributed by atoms with van der Waals surface area (Å²) in [4.78, 5) is 10.0. The average Bonchev–Trinajstić information content (AvgIpc) is 1.83. The summed E-state index contributed by atoms with van der Waals surface area (Å²) in [6.07, 6.45) is 0.911. The van der Waals surface area contributed by atoms with Crippen molar-refractivity contribution in [2.24, 2.45) is 0 Å². The van der Waals surface area contributed by atoms with Crippen LogP contribution in [-0.4, -0.2) is 27.4 Å². The van der Waals surface area contributed by atoms with Crippen molar-refractivity contribution in [1.82, 2.24) is 0 Å². The smallest absolute Gasteiger partial charge is 0.212 e. The van der Waals surface area contributed by atoms with E-state index in [9.17, 15) is 4.80 Å². The molecule has 0 rings (SSSR count). The Hall–Kier alpha value is 0.354. The second kappa shape index (κ2) is 4.04. The molecule has 0 amide bonds. The fraction of sp³-hybridized carbons (Fsp3) is 1.00. The number of rotatable bonds is 4. The SMILES string of the molecule is CC[C@](C)(O[SiH](C)C)[Si](C)(C)O. The first kappa shape index (κ1) is 12.4. The van der Waals surface area contributed by atoms with Crippen LogP contribution in [0.25, 0.3) is 0 Å². The summed E-state index contributed by atoms with van der Waals surface area (Å²) in [6.45, 7) is 12.3. The van der Waals surface area contributed by atoms with Gasteiger partial charge in [-0.3, -0.25) is 0 Å². The molecule has 0 saturated carbocycles. The van der Waals surface area contributed by atoms with Crippen molar-refractivity contribution in [3.8, 4) is 0 Å². The molecule has 12 heavy (non-hydrogen) atoms. The third kappa shape index (κ3) is 3.01. The van der Waals surface area contributed by atoms with Gasteiger partial charge in [0.25, 0.3) is 0 Å². The van der Waals surface area contributed by atoms with Crippen LogP contribution in [0.5, 0.6) is 0 Å². The topological polar surface area (TPSA) is 29.5 Å². The minimum atomic E-state index is -2.16. The fourth-order valence-electron chi connectivity index (χ4n) is 1.18. The Morgan fingerprint density at radius 1 is 1.42 bits per heavy atom. The monoisotopic (exact) mass is 206 g/mol. The van der Waals surface area contributed by atoms with E-state index < -0.39 is 17.4 Å². The molecule has 0 aliphatic heterocycles. The van der Waals surface area contributed by atoms with Crippen LogP contribution in [0.2, 0.25) is 26.2 Å². The van der Waals surface area contributed by atoms with Gasteiger partial charge >= 0.3 is 0 Å². The van der Waals surface area contributed by atoms with Gasteiger partial charge in [-0.15, -0.1) is 0 Å². The van der Waals surface area contributed by atoms with Crippen LogP contribution < -0.4 is 0 Å². The van der Waals surface area contributed by atoms with Gasteiger partial charge in [-0.1, -0.05) is 6.92 Å². The van der Waals surface area contributed by atoms with Crippen LogP contribution in [0.3, 0.4) is 0 Å². The van der Waals surface area contributed by atoms with E-state index >= 15 is 0 Å². The maximum atomic E-state index is 10.0. The summed E-state index contributed by atoms with van der Waals surface area (Å²) in [6, 6.07) is 0. The Morgan fingerprint density at radius 2 is 1.83 bits per heavy atom. The first-order valence-corrected chi connectivity index (χ1v) is 10.4. The van der Waals surface area contributed by atoms with E-state index in [4.69, 9.17) is 4.43 Å². The Morgan fingerprint density at radius 3 is 1.92 bits per heavy atom. The molecule has 1 N–H and O–H groups in total. The van der Waals surface area contributed by atoms with Gasteiger partial charge in [-0.05, 0) is 39.5 Å². The van der Waals surface area contributed by atoms with E-state index in [1.165, 1.54) is 0 Å². The summed E-state index contributed by atoms with van der Waals surface area (Å²) in [7, 11) is -3.20. The summed E-state index contributed by atoms with van der Waals surface area (Å²) in [5.74, 6) is 0. The van der Waals surface area contributed by atoms with E-state index in [1.54, 1.807) is 0 Å². The maximum Gasteiger partial charge on any atom is 0.212 e. The minimum absolute atomic E-state index is 0.243. The highest BCUT2D eigenvalue weighted by Gasteiger charge is 2.42. The summed E-state index contributed by atoms with van der Waals surface area (Å²) in [5, 5.41) is -0.243. The average molecular weight is 206 g/mol. The second-order valence-electron chi connectivity index (χ2n) is 4.31. The Labute approximate surface area is 78.8 Å². The molecule has 0 aliphatic rings. The lowest BCUT2D eigenvalue weighted by molar-refractivity contribution is 0.141. The maximum absolute atomic E-state index is 10.0. The molecule has 0 aromatic rings. The zero-order valence-electron chi connectivity index (χ0n) is 9.14. The van der Waals surface area contributed by atoms with Crippen LogP contribution in [-0.2, 0) is 4.43 Å². The van der Waals surface area contributed by atoms with Crippen LogP contribution >= 0.6 is 0 Å². The molecule has 0 saturated heterocycles. The Bertz CT molecular complexity index is 142. The van der Waals surface area contributed by atoms with Gasteiger partial charge in [-0.2, -0.15) is 0 Å². The fourth-order valence-corrected chi connectivity index (χ4v) is 5.11. The number of hydrogen-bond acceptors (Lipinski definition) is 2. The van der Waals surface area contributed by atoms with Crippen molar-refractivity contribution in [2.75, 3.05) is 0 Å². The van der Waals surface area contributed by atoms with Crippen molar-refractivity contribution < 1.29 is 9.22 Å². The van der Waals surface area contributed by atoms with Crippen LogP contribution in [0.15, 0.2) is 0 Å². The van der Waals surface area contributed by atoms with Gasteiger partial charge in [0, 0.05) is 0 Å². The van der Waals surface area contributed by atoms with Crippen molar-refractivity contribution in [3.05, 3.63) is 0 Å². The standard InChI is InChI=1S/C8H22O2Si2/c1-7-8(2,10-11(3)4)12(5,6)9/h9,11H,7H2,1-6H3/t8-/m1/s1. The highest BCUT2D eigenvalue weighted by Crippen LogP contribution is 2.26. The zero-order chi connectivity index (χ0) is 9.99. The van der Waals surface area contributed by atoms with Crippen LogP contribution in [0, 0.1) is 0 Å². The van der Waals surface area contributed by atoms with Gasteiger partial charge in [0.1, 0.15) is 0 Å². The molecule has 74 valence electrons. The normalized spacial score (nSPS) is 18.0. The van der Waals surface area contributed by atoms with Gasteiger partial charge < -0.3 is 9.22 Å². The molecule has 4 heteroatoms. The molecular formula is C8H22O2Si2. The largest absolute Gasteiger partial charge is 0.429 e. The predicted molar refractivity (Wildman–Crippen MR) is 58.4 cm³/mol. The van der Waals surface area contributed by atoms with E-state index in [0.717, 1.165) is 6.42 Å². The van der Waals surface area contributed by atoms with E-state index in [0.29, 0.717) is 0 Å².